The van der Waals surface area contributed by atoms with Crippen LogP contribution >= 0.6 is 11.8 Å². The first-order chi connectivity index (χ1) is 8.67. The third kappa shape index (κ3) is 3.41. The zero-order valence-corrected chi connectivity index (χ0v) is 10.7. The Morgan fingerprint density at radius 1 is 1.28 bits per heavy atom. The Morgan fingerprint density at radius 3 is 2.67 bits per heavy atom. The largest absolute Gasteiger partial charge is 0.308 e. The third-order valence-electron chi connectivity index (χ3n) is 2.23. The van der Waals surface area contributed by atoms with Crippen LogP contribution in [0.3, 0.4) is 0 Å². The molecular weight excluding hydrogens is 251 g/mol. The molecule has 0 aliphatic carbocycles. The minimum Gasteiger partial charge on any atom is -0.308 e. The highest BCUT2D eigenvalue weighted by molar-refractivity contribution is 7.98. The van der Waals surface area contributed by atoms with Crippen LogP contribution in [-0.2, 0) is 5.75 Å². The molecule has 4 nitrogen and oxygen atoms in total. The van der Waals surface area contributed by atoms with Crippen LogP contribution < -0.4 is 11.3 Å². The Balaban J connectivity index is 2.05. The number of anilines is 1. The molecule has 1 aromatic heterocycles. The van der Waals surface area contributed by atoms with Crippen molar-refractivity contribution in [3.8, 4) is 0 Å². The molecule has 0 amide bonds. The molecule has 6 heteroatoms. The molecule has 3 N–H and O–H groups in total. The Kier molecular flexibility index (Phi) is 4.11. The van der Waals surface area contributed by atoms with Crippen molar-refractivity contribution in [3.63, 3.8) is 0 Å². The van der Waals surface area contributed by atoms with E-state index >= 15 is 0 Å². The molecule has 2 aromatic rings. The zero-order chi connectivity index (χ0) is 13.0. The summed E-state index contributed by atoms with van der Waals surface area (Å²) in [4.78, 5) is 9.53. The summed E-state index contributed by atoms with van der Waals surface area (Å²) in [5, 5.41) is 0. The summed E-state index contributed by atoms with van der Waals surface area (Å²) in [6.07, 6.45) is 0. The minimum absolute atomic E-state index is 0.235. The number of hydrazine groups is 1. The highest BCUT2D eigenvalue weighted by Crippen LogP contribution is 2.22. The highest BCUT2D eigenvalue weighted by Gasteiger charge is 2.03. The van der Waals surface area contributed by atoms with E-state index in [9.17, 15) is 4.39 Å². The molecule has 0 aliphatic heterocycles. The molecule has 18 heavy (non-hydrogen) atoms. The molecule has 1 aromatic carbocycles. The van der Waals surface area contributed by atoms with Crippen molar-refractivity contribution in [2.24, 2.45) is 5.84 Å². The molecule has 0 fully saturated rings. The number of nitrogens with two attached hydrogens (primary N) is 1. The average Bonchev–Trinajstić information content (AvgIpc) is 2.37. The van der Waals surface area contributed by atoms with Gasteiger partial charge in [-0.1, -0.05) is 0 Å². The number of nitrogens with one attached hydrogen (secondary N) is 1. The van der Waals surface area contributed by atoms with Gasteiger partial charge in [-0.15, -0.1) is 11.8 Å². The number of nitrogens with zero attached hydrogens (tertiary/aromatic N) is 2. The van der Waals surface area contributed by atoms with E-state index < -0.39 is 0 Å². The number of nitrogen functional groups attached to an aromatic ring is 1. The smallest absolute Gasteiger partial charge is 0.143 e. The van der Waals surface area contributed by atoms with Crippen LogP contribution in [0.5, 0.6) is 0 Å². The standard InChI is InChI=1S/C12H13FN4S/c1-8-6-11(17-14)16-12(15-8)7-18-10-4-2-9(13)3-5-10/h2-6H,7,14H2,1H3,(H,15,16,17). The molecule has 0 spiro atoms. The van der Waals surface area contributed by atoms with E-state index in [0.717, 1.165) is 10.6 Å². The zero-order valence-electron chi connectivity index (χ0n) is 9.85. The fraction of sp³-hybridized carbons (Fsp3) is 0.167. The second kappa shape index (κ2) is 5.79. The predicted octanol–water partition coefficient (Wildman–Crippen LogP) is 2.50. The van der Waals surface area contributed by atoms with Gasteiger partial charge in [0.15, 0.2) is 0 Å². The number of halogens is 1. The second-order valence-electron chi connectivity index (χ2n) is 3.70. The van der Waals surface area contributed by atoms with Crippen molar-refractivity contribution >= 4 is 17.6 Å². The van der Waals surface area contributed by atoms with Gasteiger partial charge in [0.1, 0.15) is 17.5 Å². The number of hydrogen-bond acceptors (Lipinski definition) is 5. The van der Waals surface area contributed by atoms with E-state index in [0.29, 0.717) is 17.4 Å². The number of aromatic nitrogens is 2. The van der Waals surface area contributed by atoms with Crippen molar-refractivity contribution in [1.82, 2.24) is 9.97 Å². The predicted molar refractivity (Wildman–Crippen MR) is 70.5 cm³/mol. The number of aryl methyl sites for hydroxylation is 1. The van der Waals surface area contributed by atoms with E-state index in [-0.39, 0.29) is 5.82 Å². The topological polar surface area (TPSA) is 63.8 Å². The van der Waals surface area contributed by atoms with Crippen LogP contribution in [0.4, 0.5) is 10.2 Å². The molecule has 2 rings (SSSR count). The summed E-state index contributed by atoms with van der Waals surface area (Å²) in [5.41, 5.74) is 3.36. The normalized spacial score (nSPS) is 10.4. The molecule has 0 aliphatic rings. The third-order valence-corrected chi connectivity index (χ3v) is 3.24. The molecular formula is C12H13FN4S. The molecule has 94 valence electrons. The van der Waals surface area contributed by atoms with Crippen LogP contribution in [0.15, 0.2) is 35.2 Å². The van der Waals surface area contributed by atoms with Crippen molar-refractivity contribution in [2.75, 3.05) is 5.43 Å². The minimum atomic E-state index is -0.235. The van der Waals surface area contributed by atoms with Gasteiger partial charge < -0.3 is 5.43 Å². The molecule has 0 saturated carbocycles. The molecule has 0 radical (unpaired) electrons. The first-order valence-electron chi connectivity index (χ1n) is 5.37. The van der Waals surface area contributed by atoms with Crippen LogP contribution in [0.25, 0.3) is 0 Å². The van der Waals surface area contributed by atoms with E-state index in [1.54, 1.807) is 30.0 Å². The first kappa shape index (κ1) is 12.8. The van der Waals surface area contributed by atoms with Gasteiger partial charge in [0.05, 0.1) is 5.75 Å². The summed E-state index contributed by atoms with van der Waals surface area (Å²) >= 11 is 1.55. The summed E-state index contributed by atoms with van der Waals surface area (Å²) in [7, 11) is 0. The maximum Gasteiger partial charge on any atom is 0.143 e. The van der Waals surface area contributed by atoms with Gasteiger partial charge in [-0.3, -0.25) is 0 Å². The Labute approximate surface area is 109 Å². The summed E-state index contributed by atoms with van der Waals surface area (Å²) in [5.74, 6) is 6.99. The SMILES string of the molecule is Cc1cc(NN)nc(CSc2ccc(F)cc2)n1. The number of hydrogen-bond donors (Lipinski definition) is 2. The van der Waals surface area contributed by atoms with E-state index in [1.807, 2.05) is 6.92 Å². The Bertz CT molecular complexity index is 530. The first-order valence-corrected chi connectivity index (χ1v) is 6.35. The lowest BCUT2D eigenvalue weighted by Crippen LogP contribution is -2.10. The monoisotopic (exact) mass is 264 g/mol. The molecule has 0 atom stereocenters. The van der Waals surface area contributed by atoms with Gasteiger partial charge in [0, 0.05) is 16.7 Å². The highest BCUT2D eigenvalue weighted by atomic mass is 32.2. The number of rotatable bonds is 4. The van der Waals surface area contributed by atoms with E-state index in [2.05, 4.69) is 15.4 Å². The Hall–Kier alpha value is -1.66. The van der Waals surface area contributed by atoms with Gasteiger partial charge in [-0.05, 0) is 31.2 Å². The van der Waals surface area contributed by atoms with E-state index in [1.165, 1.54) is 12.1 Å². The summed E-state index contributed by atoms with van der Waals surface area (Å²) in [6.45, 7) is 1.88. The van der Waals surface area contributed by atoms with Gasteiger partial charge in [-0.2, -0.15) is 0 Å². The Morgan fingerprint density at radius 2 is 2.00 bits per heavy atom. The van der Waals surface area contributed by atoms with Crippen molar-refractivity contribution < 1.29 is 4.39 Å². The van der Waals surface area contributed by atoms with Gasteiger partial charge in [0.2, 0.25) is 0 Å². The fourth-order valence-electron chi connectivity index (χ4n) is 1.45. The van der Waals surface area contributed by atoms with Crippen LogP contribution in [-0.4, -0.2) is 9.97 Å². The maximum atomic E-state index is 12.7. The number of thioether (sulfide) groups is 1. The summed E-state index contributed by atoms with van der Waals surface area (Å²) < 4.78 is 12.7. The van der Waals surface area contributed by atoms with Crippen molar-refractivity contribution in [3.05, 3.63) is 47.7 Å². The maximum absolute atomic E-state index is 12.7. The van der Waals surface area contributed by atoms with Crippen LogP contribution in [0.2, 0.25) is 0 Å². The lowest BCUT2D eigenvalue weighted by atomic mass is 10.4. The second-order valence-corrected chi connectivity index (χ2v) is 4.75. The quantitative estimate of drug-likeness (QED) is 0.504. The van der Waals surface area contributed by atoms with Gasteiger partial charge in [0.25, 0.3) is 0 Å². The number of benzene rings is 1. The molecule has 0 unspecified atom stereocenters. The molecule has 1 heterocycles. The van der Waals surface area contributed by atoms with Crippen molar-refractivity contribution in [1.29, 1.82) is 0 Å². The van der Waals surface area contributed by atoms with Gasteiger partial charge in [-0.25, -0.2) is 20.2 Å². The molecule has 0 saturated heterocycles. The fourth-order valence-corrected chi connectivity index (χ4v) is 2.20. The average molecular weight is 264 g/mol. The van der Waals surface area contributed by atoms with Crippen LogP contribution in [0, 0.1) is 12.7 Å². The lowest BCUT2D eigenvalue weighted by Gasteiger charge is -2.05. The van der Waals surface area contributed by atoms with Crippen molar-refractivity contribution in [2.45, 2.75) is 17.6 Å². The van der Waals surface area contributed by atoms with Crippen LogP contribution in [0.1, 0.15) is 11.5 Å². The lowest BCUT2D eigenvalue weighted by molar-refractivity contribution is 0.626. The summed E-state index contributed by atoms with van der Waals surface area (Å²) in [6, 6.07) is 8.11. The molecule has 0 bridgehead atoms. The van der Waals surface area contributed by atoms with E-state index in [4.69, 9.17) is 5.84 Å². The van der Waals surface area contributed by atoms with Gasteiger partial charge >= 0.3 is 0 Å².